The number of halogens is 3. The van der Waals surface area contributed by atoms with Crippen molar-refractivity contribution in [3.63, 3.8) is 0 Å². The van der Waals surface area contributed by atoms with Gasteiger partial charge >= 0.3 is 6.18 Å². The first-order valence-corrected chi connectivity index (χ1v) is 6.84. The molecule has 0 aromatic carbocycles. The maximum Gasteiger partial charge on any atom is 0.392 e. The second-order valence-electron chi connectivity index (χ2n) is 5.44. The van der Waals surface area contributed by atoms with Gasteiger partial charge in [-0.2, -0.15) is 18.3 Å². The fourth-order valence-corrected chi connectivity index (χ4v) is 2.82. The lowest BCUT2D eigenvalue weighted by atomic mass is 10.1. The van der Waals surface area contributed by atoms with E-state index >= 15 is 0 Å². The van der Waals surface area contributed by atoms with E-state index in [1.54, 1.807) is 41.3 Å². The van der Waals surface area contributed by atoms with Crippen LogP contribution in [-0.4, -0.2) is 25.8 Å². The van der Waals surface area contributed by atoms with Crippen LogP contribution >= 0.6 is 0 Å². The predicted octanol–water partition coefficient (Wildman–Crippen LogP) is 3.46. The summed E-state index contributed by atoms with van der Waals surface area (Å²) in [4.78, 5) is 7.87. The summed E-state index contributed by atoms with van der Waals surface area (Å²) in [7, 11) is 0. The van der Waals surface area contributed by atoms with Crippen molar-refractivity contribution < 1.29 is 13.2 Å². The van der Waals surface area contributed by atoms with Gasteiger partial charge in [0.25, 0.3) is 0 Å². The Kier molecular flexibility index (Phi) is 2.72. The van der Waals surface area contributed by atoms with Gasteiger partial charge in [-0.05, 0) is 36.1 Å². The van der Waals surface area contributed by atoms with Crippen LogP contribution in [0, 0.1) is 5.92 Å². The Morgan fingerprint density at radius 1 is 1.18 bits per heavy atom. The zero-order valence-corrected chi connectivity index (χ0v) is 11.3. The van der Waals surface area contributed by atoms with Crippen molar-refractivity contribution in [3.05, 3.63) is 48.7 Å². The van der Waals surface area contributed by atoms with E-state index in [-0.39, 0.29) is 6.42 Å². The second-order valence-corrected chi connectivity index (χ2v) is 5.44. The Balaban J connectivity index is 1.83. The van der Waals surface area contributed by atoms with Crippen LogP contribution in [0.4, 0.5) is 13.2 Å². The summed E-state index contributed by atoms with van der Waals surface area (Å²) >= 11 is 0. The third-order valence-electron chi connectivity index (χ3n) is 4.00. The smallest absolute Gasteiger partial charge is 0.244 e. The highest BCUT2D eigenvalue weighted by molar-refractivity contribution is 5.65. The Morgan fingerprint density at radius 3 is 2.64 bits per heavy atom. The average Bonchev–Trinajstić information content (AvgIpc) is 3.18. The van der Waals surface area contributed by atoms with E-state index in [2.05, 4.69) is 15.1 Å². The molecule has 1 fully saturated rings. The first-order chi connectivity index (χ1) is 10.5. The Bertz CT molecular complexity index is 826. The predicted molar refractivity (Wildman–Crippen MR) is 73.1 cm³/mol. The number of rotatable bonds is 2. The molecular formula is C15H11F3N4. The average molecular weight is 304 g/mol. The largest absolute Gasteiger partial charge is 0.392 e. The molecule has 1 aliphatic rings. The molecule has 7 heteroatoms. The molecule has 3 aromatic rings. The van der Waals surface area contributed by atoms with Crippen molar-refractivity contribution in [2.45, 2.75) is 18.5 Å². The van der Waals surface area contributed by atoms with Gasteiger partial charge in [-0.3, -0.25) is 0 Å². The summed E-state index contributed by atoms with van der Waals surface area (Å²) < 4.78 is 40.3. The highest BCUT2D eigenvalue weighted by Crippen LogP contribution is 2.57. The molecule has 0 unspecified atom stereocenters. The number of fused-ring (bicyclic) bond motifs is 1. The molecule has 0 aliphatic heterocycles. The standard InChI is InChI=1S/C15H11F3N4/c16-15(17,18)12-4-10(12)11-5-13(9-6-19-8-20-7-9)21-22-3-1-2-14(11)22/h1-3,5-8,10,12H,4H2/t10-,12+/m1/s1. The van der Waals surface area contributed by atoms with Crippen LogP contribution < -0.4 is 0 Å². The normalized spacial score (nSPS) is 21.2. The molecule has 2 atom stereocenters. The molecule has 0 saturated heterocycles. The van der Waals surface area contributed by atoms with Crippen LogP contribution in [0.1, 0.15) is 17.9 Å². The molecule has 0 spiro atoms. The number of alkyl halides is 3. The Hall–Kier alpha value is -2.44. The van der Waals surface area contributed by atoms with Gasteiger partial charge in [-0.25, -0.2) is 14.5 Å². The maximum atomic E-state index is 12.9. The van der Waals surface area contributed by atoms with Crippen LogP contribution in [-0.2, 0) is 0 Å². The van der Waals surface area contributed by atoms with Gasteiger partial charge in [0.05, 0.1) is 17.1 Å². The monoisotopic (exact) mass is 304 g/mol. The molecule has 3 heterocycles. The van der Waals surface area contributed by atoms with Crippen molar-refractivity contribution in [2.24, 2.45) is 5.92 Å². The third-order valence-corrected chi connectivity index (χ3v) is 4.00. The van der Waals surface area contributed by atoms with E-state index < -0.39 is 18.0 Å². The van der Waals surface area contributed by atoms with Gasteiger partial charge in [0.15, 0.2) is 0 Å². The molecule has 0 bridgehead atoms. The van der Waals surface area contributed by atoms with E-state index in [0.717, 1.165) is 5.52 Å². The van der Waals surface area contributed by atoms with Gasteiger partial charge < -0.3 is 0 Å². The zero-order chi connectivity index (χ0) is 15.3. The van der Waals surface area contributed by atoms with Gasteiger partial charge in [0.1, 0.15) is 6.33 Å². The minimum Gasteiger partial charge on any atom is -0.244 e. The van der Waals surface area contributed by atoms with E-state index in [0.29, 0.717) is 16.8 Å². The number of hydrogen-bond acceptors (Lipinski definition) is 3. The number of nitrogens with zero attached hydrogens (tertiary/aromatic N) is 4. The molecule has 4 nitrogen and oxygen atoms in total. The molecule has 0 radical (unpaired) electrons. The summed E-state index contributed by atoms with van der Waals surface area (Å²) in [6.07, 6.45) is 2.33. The lowest BCUT2D eigenvalue weighted by Gasteiger charge is -2.09. The molecule has 0 amide bonds. The first kappa shape index (κ1) is 13.2. The van der Waals surface area contributed by atoms with Crippen LogP contribution in [0.3, 0.4) is 0 Å². The number of hydrogen-bond donors (Lipinski definition) is 0. The molecule has 3 aromatic heterocycles. The van der Waals surface area contributed by atoms with Crippen molar-refractivity contribution in [2.75, 3.05) is 0 Å². The summed E-state index contributed by atoms with van der Waals surface area (Å²) in [6.45, 7) is 0. The fourth-order valence-electron chi connectivity index (χ4n) is 2.82. The second kappa shape index (κ2) is 4.53. The van der Waals surface area contributed by atoms with E-state index in [1.807, 2.05) is 0 Å². The van der Waals surface area contributed by atoms with Crippen LogP contribution in [0.15, 0.2) is 43.1 Å². The SMILES string of the molecule is FC(F)(F)[C@H]1C[C@@H]1c1cc(-c2cncnc2)nn2cccc12. The maximum absolute atomic E-state index is 12.9. The molecular weight excluding hydrogens is 293 g/mol. The summed E-state index contributed by atoms with van der Waals surface area (Å²) in [6, 6.07) is 5.30. The highest BCUT2D eigenvalue weighted by Gasteiger charge is 2.56. The molecule has 1 aliphatic carbocycles. The Labute approximate surface area is 123 Å². The molecule has 112 valence electrons. The van der Waals surface area contributed by atoms with Crippen LogP contribution in [0.25, 0.3) is 16.8 Å². The molecule has 0 N–H and O–H groups in total. The molecule has 22 heavy (non-hydrogen) atoms. The fraction of sp³-hybridized carbons (Fsp3) is 0.267. The van der Waals surface area contributed by atoms with E-state index in [4.69, 9.17) is 0 Å². The minimum atomic E-state index is -4.15. The van der Waals surface area contributed by atoms with Crippen LogP contribution in [0.2, 0.25) is 0 Å². The summed E-state index contributed by atoms with van der Waals surface area (Å²) in [5.74, 6) is -1.75. The molecule has 4 rings (SSSR count). The van der Waals surface area contributed by atoms with Gasteiger partial charge in [0, 0.05) is 24.2 Å². The van der Waals surface area contributed by atoms with Crippen molar-refractivity contribution in [1.82, 2.24) is 19.6 Å². The van der Waals surface area contributed by atoms with Crippen LogP contribution in [0.5, 0.6) is 0 Å². The molecule has 1 saturated carbocycles. The van der Waals surface area contributed by atoms with Gasteiger partial charge in [0.2, 0.25) is 0 Å². The first-order valence-electron chi connectivity index (χ1n) is 6.84. The summed E-state index contributed by atoms with van der Waals surface area (Å²) in [5.41, 5.74) is 2.66. The zero-order valence-electron chi connectivity index (χ0n) is 11.3. The lowest BCUT2D eigenvalue weighted by Crippen LogP contribution is -2.11. The number of aromatic nitrogens is 4. The van der Waals surface area contributed by atoms with E-state index in [9.17, 15) is 13.2 Å². The highest BCUT2D eigenvalue weighted by atomic mass is 19.4. The van der Waals surface area contributed by atoms with Gasteiger partial charge in [-0.15, -0.1) is 0 Å². The lowest BCUT2D eigenvalue weighted by molar-refractivity contribution is -0.148. The van der Waals surface area contributed by atoms with E-state index in [1.165, 1.54) is 6.33 Å². The quantitative estimate of drug-likeness (QED) is 0.728. The van der Waals surface area contributed by atoms with Crippen molar-refractivity contribution in [3.8, 4) is 11.3 Å². The third kappa shape index (κ3) is 2.13. The Morgan fingerprint density at radius 2 is 1.95 bits per heavy atom. The minimum absolute atomic E-state index is 0.138. The topological polar surface area (TPSA) is 43.1 Å². The van der Waals surface area contributed by atoms with Gasteiger partial charge in [-0.1, -0.05) is 0 Å². The van der Waals surface area contributed by atoms with Crippen molar-refractivity contribution >= 4 is 5.52 Å². The summed E-state index contributed by atoms with van der Waals surface area (Å²) in [5, 5.41) is 4.42. The van der Waals surface area contributed by atoms with Crippen molar-refractivity contribution in [1.29, 1.82) is 0 Å².